The van der Waals surface area contributed by atoms with E-state index >= 15 is 0 Å². The lowest BCUT2D eigenvalue weighted by Gasteiger charge is -2.12. The van der Waals surface area contributed by atoms with Crippen LogP contribution in [0.3, 0.4) is 0 Å². The second kappa shape index (κ2) is 8.94. The van der Waals surface area contributed by atoms with E-state index in [1.54, 1.807) is 10.6 Å². The molecule has 6 nitrogen and oxygen atoms in total. The lowest BCUT2D eigenvalue weighted by Crippen LogP contribution is -2.25. The van der Waals surface area contributed by atoms with Gasteiger partial charge in [-0.05, 0) is 41.8 Å². The van der Waals surface area contributed by atoms with Crippen molar-refractivity contribution in [1.82, 2.24) is 14.1 Å². The van der Waals surface area contributed by atoms with Crippen molar-refractivity contribution in [3.8, 4) is 0 Å². The SMILES string of the molecule is CCc1ccccc1NC(=O)Cn1c2ccc(F)cc2c2ncn(Cc3ccccc3)c(=O)c21. The summed E-state index contributed by atoms with van der Waals surface area (Å²) in [5, 5.41) is 3.45. The Kier molecular flexibility index (Phi) is 5.67. The van der Waals surface area contributed by atoms with Crippen molar-refractivity contribution in [3.05, 3.63) is 106 Å². The first kappa shape index (κ1) is 21.6. The van der Waals surface area contributed by atoms with Gasteiger partial charge in [-0.25, -0.2) is 9.37 Å². The molecule has 0 saturated heterocycles. The molecule has 5 aromatic rings. The van der Waals surface area contributed by atoms with Gasteiger partial charge in [0.2, 0.25) is 5.91 Å². The van der Waals surface area contributed by atoms with E-state index in [0.29, 0.717) is 23.0 Å². The number of hydrogen-bond acceptors (Lipinski definition) is 3. The smallest absolute Gasteiger partial charge is 0.278 e. The van der Waals surface area contributed by atoms with Crippen LogP contribution in [0.5, 0.6) is 0 Å². The number of benzene rings is 3. The van der Waals surface area contributed by atoms with E-state index in [1.807, 2.05) is 61.5 Å². The Hall–Kier alpha value is -4.26. The summed E-state index contributed by atoms with van der Waals surface area (Å²) in [6, 6.07) is 21.5. The van der Waals surface area contributed by atoms with Crippen LogP contribution < -0.4 is 10.9 Å². The largest absolute Gasteiger partial charge is 0.325 e. The van der Waals surface area contributed by atoms with Crippen molar-refractivity contribution in [2.75, 3.05) is 5.32 Å². The van der Waals surface area contributed by atoms with Gasteiger partial charge in [-0.1, -0.05) is 55.5 Å². The molecule has 0 spiro atoms. The fourth-order valence-electron chi connectivity index (χ4n) is 4.31. The van der Waals surface area contributed by atoms with Gasteiger partial charge in [0.1, 0.15) is 23.4 Å². The lowest BCUT2D eigenvalue weighted by molar-refractivity contribution is -0.116. The van der Waals surface area contributed by atoms with Crippen LogP contribution in [0.4, 0.5) is 10.1 Å². The molecule has 0 fully saturated rings. The highest BCUT2D eigenvalue weighted by atomic mass is 19.1. The highest BCUT2D eigenvalue weighted by molar-refractivity contribution is 6.06. The number of aryl methyl sites for hydroxylation is 1. The molecule has 34 heavy (non-hydrogen) atoms. The first-order chi connectivity index (χ1) is 16.5. The van der Waals surface area contributed by atoms with E-state index in [2.05, 4.69) is 10.3 Å². The van der Waals surface area contributed by atoms with Gasteiger partial charge in [0, 0.05) is 11.1 Å². The second-order valence-electron chi connectivity index (χ2n) is 8.17. The predicted molar refractivity (Wildman–Crippen MR) is 131 cm³/mol. The Balaban J connectivity index is 1.60. The number of amides is 1. The molecule has 7 heteroatoms. The molecule has 1 amide bonds. The summed E-state index contributed by atoms with van der Waals surface area (Å²) in [6.07, 6.45) is 2.25. The Morgan fingerprint density at radius 2 is 1.79 bits per heavy atom. The number of aromatic nitrogens is 3. The van der Waals surface area contributed by atoms with Crippen LogP contribution in [0.25, 0.3) is 21.9 Å². The van der Waals surface area contributed by atoms with Crippen molar-refractivity contribution in [2.45, 2.75) is 26.4 Å². The fraction of sp³-hybridized carbons (Fsp3) is 0.148. The Labute approximate surface area is 195 Å². The molecule has 0 bridgehead atoms. The third-order valence-electron chi connectivity index (χ3n) is 5.96. The summed E-state index contributed by atoms with van der Waals surface area (Å²) >= 11 is 0. The van der Waals surface area contributed by atoms with Crippen LogP contribution in [0.1, 0.15) is 18.1 Å². The Morgan fingerprint density at radius 3 is 2.59 bits per heavy atom. The molecule has 0 aliphatic heterocycles. The van der Waals surface area contributed by atoms with Crippen molar-refractivity contribution >= 4 is 33.5 Å². The Bertz CT molecular complexity index is 1570. The van der Waals surface area contributed by atoms with Gasteiger partial charge >= 0.3 is 0 Å². The maximum atomic E-state index is 14.1. The van der Waals surface area contributed by atoms with E-state index in [4.69, 9.17) is 0 Å². The number of anilines is 1. The first-order valence-electron chi connectivity index (χ1n) is 11.1. The van der Waals surface area contributed by atoms with E-state index < -0.39 is 5.82 Å². The summed E-state index contributed by atoms with van der Waals surface area (Å²) in [5.41, 5.74) is 3.66. The van der Waals surface area contributed by atoms with Crippen LogP contribution >= 0.6 is 0 Å². The first-order valence-corrected chi connectivity index (χ1v) is 11.1. The molecule has 2 aromatic heterocycles. The minimum Gasteiger partial charge on any atom is -0.325 e. The van der Waals surface area contributed by atoms with Gasteiger partial charge in [-0.3, -0.25) is 14.2 Å². The van der Waals surface area contributed by atoms with Gasteiger partial charge in [-0.15, -0.1) is 0 Å². The summed E-state index contributed by atoms with van der Waals surface area (Å²) in [5.74, 6) is -0.704. The minimum atomic E-state index is -0.428. The van der Waals surface area contributed by atoms with Crippen molar-refractivity contribution < 1.29 is 9.18 Å². The zero-order valence-electron chi connectivity index (χ0n) is 18.7. The van der Waals surface area contributed by atoms with Gasteiger partial charge in [0.05, 0.1) is 18.4 Å². The number of hydrogen-bond donors (Lipinski definition) is 1. The number of carbonyl (C=O) groups excluding carboxylic acids is 1. The predicted octanol–water partition coefficient (Wildman–Crippen LogP) is 4.74. The maximum Gasteiger partial charge on any atom is 0.278 e. The number of para-hydroxylation sites is 1. The third-order valence-corrected chi connectivity index (χ3v) is 5.96. The molecule has 3 aromatic carbocycles. The van der Waals surface area contributed by atoms with Gasteiger partial charge in [-0.2, -0.15) is 0 Å². The van der Waals surface area contributed by atoms with Crippen molar-refractivity contribution in [2.24, 2.45) is 0 Å². The summed E-state index contributed by atoms with van der Waals surface area (Å²) in [4.78, 5) is 31.1. The lowest BCUT2D eigenvalue weighted by atomic mass is 10.1. The maximum absolute atomic E-state index is 14.1. The quantitative estimate of drug-likeness (QED) is 0.403. The van der Waals surface area contributed by atoms with E-state index in [9.17, 15) is 14.0 Å². The second-order valence-corrected chi connectivity index (χ2v) is 8.17. The van der Waals surface area contributed by atoms with E-state index in [-0.39, 0.29) is 23.5 Å². The van der Waals surface area contributed by atoms with Gasteiger partial charge in [0.25, 0.3) is 5.56 Å². The van der Waals surface area contributed by atoms with Crippen LogP contribution in [-0.4, -0.2) is 20.0 Å². The summed E-state index contributed by atoms with van der Waals surface area (Å²) in [6.45, 7) is 2.26. The number of carbonyl (C=O) groups is 1. The number of halogens is 1. The summed E-state index contributed by atoms with van der Waals surface area (Å²) < 4.78 is 17.2. The van der Waals surface area contributed by atoms with Crippen LogP contribution in [-0.2, 0) is 24.3 Å². The Morgan fingerprint density at radius 1 is 1.03 bits per heavy atom. The third kappa shape index (κ3) is 3.96. The average Bonchev–Trinajstić information content (AvgIpc) is 3.15. The molecule has 0 unspecified atom stereocenters. The zero-order chi connectivity index (χ0) is 23.7. The highest BCUT2D eigenvalue weighted by Gasteiger charge is 2.19. The van der Waals surface area contributed by atoms with Crippen LogP contribution in [0, 0.1) is 5.82 Å². The molecule has 1 N–H and O–H groups in total. The molecule has 170 valence electrons. The van der Waals surface area contributed by atoms with Gasteiger partial charge < -0.3 is 9.88 Å². The standard InChI is InChI=1S/C27H23FN4O2/c1-2-19-10-6-7-11-22(19)30-24(33)16-32-23-13-12-20(28)14-21(23)25-26(32)27(34)31(17-29-25)15-18-8-4-3-5-9-18/h3-14,17H,2,15-16H2,1H3,(H,30,33). The molecule has 0 aliphatic rings. The fourth-order valence-corrected chi connectivity index (χ4v) is 4.31. The normalized spacial score (nSPS) is 11.2. The van der Waals surface area contributed by atoms with Crippen LogP contribution in [0.2, 0.25) is 0 Å². The number of nitrogens with one attached hydrogen (secondary N) is 1. The monoisotopic (exact) mass is 454 g/mol. The summed E-state index contributed by atoms with van der Waals surface area (Å²) in [7, 11) is 0. The highest BCUT2D eigenvalue weighted by Crippen LogP contribution is 2.26. The van der Waals surface area contributed by atoms with E-state index in [1.165, 1.54) is 23.0 Å². The molecular formula is C27H23FN4O2. The molecule has 2 heterocycles. The molecular weight excluding hydrogens is 431 g/mol. The molecule has 0 radical (unpaired) electrons. The average molecular weight is 455 g/mol. The van der Waals surface area contributed by atoms with Crippen LogP contribution in [0.15, 0.2) is 83.9 Å². The van der Waals surface area contributed by atoms with Crippen molar-refractivity contribution in [1.29, 1.82) is 0 Å². The zero-order valence-corrected chi connectivity index (χ0v) is 18.7. The molecule has 5 rings (SSSR count). The number of fused-ring (bicyclic) bond motifs is 3. The topological polar surface area (TPSA) is 68.9 Å². The molecule has 0 saturated carbocycles. The van der Waals surface area contributed by atoms with Gasteiger partial charge in [0.15, 0.2) is 0 Å². The molecule has 0 aliphatic carbocycles. The van der Waals surface area contributed by atoms with E-state index in [0.717, 1.165) is 23.2 Å². The minimum absolute atomic E-state index is 0.101. The number of rotatable bonds is 6. The molecule has 0 atom stereocenters. The van der Waals surface area contributed by atoms with Crippen molar-refractivity contribution in [3.63, 3.8) is 0 Å². The number of nitrogens with zero attached hydrogens (tertiary/aromatic N) is 3.